The molecule has 11 rings (SSSR count). The van der Waals surface area contributed by atoms with Crippen LogP contribution in [0.1, 0.15) is 22.3 Å². The van der Waals surface area contributed by atoms with E-state index >= 15 is 0 Å². The molecule has 0 unspecified atom stereocenters. The van der Waals surface area contributed by atoms with Crippen molar-refractivity contribution in [3.8, 4) is 11.1 Å². The summed E-state index contributed by atoms with van der Waals surface area (Å²) in [5.74, 6) is 0. The van der Waals surface area contributed by atoms with E-state index in [4.69, 9.17) is 0 Å². The molecular formula is C49H31NS2. The topological polar surface area (TPSA) is 3.24 Å². The highest BCUT2D eigenvalue weighted by atomic mass is 32.1. The highest BCUT2D eigenvalue weighted by Crippen LogP contribution is 2.57. The number of para-hydroxylation sites is 1. The van der Waals surface area contributed by atoms with Gasteiger partial charge in [0, 0.05) is 41.3 Å². The molecule has 0 aliphatic heterocycles. The maximum absolute atomic E-state index is 2.48. The molecule has 0 spiro atoms. The molecule has 244 valence electrons. The Morgan fingerprint density at radius 2 is 1.00 bits per heavy atom. The summed E-state index contributed by atoms with van der Waals surface area (Å²) >= 11 is 3.78. The second-order valence-electron chi connectivity index (χ2n) is 13.6. The Bertz CT molecular complexity index is 2930. The fourth-order valence-electron chi connectivity index (χ4n) is 8.83. The maximum atomic E-state index is 2.48. The summed E-state index contributed by atoms with van der Waals surface area (Å²) in [5, 5.41) is 5.18. The van der Waals surface area contributed by atoms with Gasteiger partial charge in [-0.1, -0.05) is 146 Å². The van der Waals surface area contributed by atoms with Gasteiger partial charge in [0.05, 0.1) is 21.5 Å². The predicted molar refractivity (Wildman–Crippen MR) is 224 cm³/mol. The van der Waals surface area contributed by atoms with E-state index < -0.39 is 5.41 Å². The lowest BCUT2D eigenvalue weighted by molar-refractivity contribution is 0.770. The van der Waals surface area contributed by atoms with E-state index in [1.54, 1.807) is 0 Å². The zero-order chi connectivity index (χ0) is 34.2. The number of nitrogens with zero attached hydrogens (tertiary/aromatic N) is 1. The Labute approximate surface area is 310 Å². The highest BCUT2D eigenvalue weighted by Gasteiger charge is 2.46. The molecule has 0 bridgehead atoms. The molecule has 1 nitrogen and oxygen atoms in total. The third-order valence-electron chi connectivity index (χ3n) is 10.9. The normalized spacial score (nSPS) is 13.2. The molecule has 10 aromatic rings. The van der Waals surface area contributed by atoms with Crippen LogP contribution in [0.25, 0.3) is 51.5 Å². The number of thiophene rings is 2. The third-order valence-corrected chi connectivity index (χ3v) is 13.3. The number of hydrogen-bond donors (Lipinski definition) is 0. The Morgan fingerprint density at radius 3 is 1.79 bits per heavy atom. The fraction of sp³-hybridized carbons (Fsp3) is 0.0204. The Kier molecular flexibility index (Phi) is 6.57. The summed E-state index contributed by atoms with van der Waals surface area (Å²) in [6.45, 7) is 0. The smallest absolute Gasteiger partial charge is 0.0714 e. The van der Waals surface area contributed by atoms with Gasteiger partial charge < -0.3 is 4.90 Å². The lowest BCUT2D eigenvalue weighted by Gasteiger charge is -2.33. The van der Waals surface area contributed by atoms with E-state index in [1.165, 1.54) is 85.1 Å². The summed E-state index contributed by atoms with van der Waals surface area (Å²) in [4.78, 5) is 2.48. The van der Waals surface area contributed by atoms with Gasteiger partial charge in [-0.3, -0.25) is 0 Å². The molecule has 0 saturated carbocycles. The lowest BCUT2D eigenvalue weighted by atomic mass is 9.67. The van der Waals surface area contributed by atoms with Crippen molar-refractivity contribution in [2.75, 3.05) is 4.90 Å². The number of benzene rings is 8. The number of rotatable bonds is 5. The molecule has 2 heterocycles. The first-order valence-corrected chi connectivity index (χ1v) is 19.4. The highest BCUT2D eigenvalue weighted by molar-refractivity contribution is 7.26. The van der Waals surface area contributed by atoms with Gasteiger partial charge in [-0.2, -0.15) is 0 Å². The predicted octanol–water partition coefficient (Wildman–Crippen LogP) is 14.3. The molecule has 0 radical (unpaired) electrons. The van der Waals surface area contributed by atoms with Crippen molar-refractivity contribution in [1.82, 2.24) is 0 Å². The van der Waals surface area contributed by atoms with Crippen molar-refractivity contribution in [2.24, 2.45) is 0 Å². The third kappa shape index (κ3) is 4.15. The summed E-state index contributed by atoms with van der Waals surface area (Å²) in [5.41, 5.74) is 11.0. The van der Waals surface area contributed by atoms with Crippen LogP contribution in [0.2, 0.25) is 0 Å². The van der Waals surface area contributed by atoms with Crippen molar-refractivity contribution >= 4 is 80.1 Å². The summed E-state index contributed by atoms with van der Waals surface area (Å²) < 4.78 is 5.20. The van der Waals surface area contributed by atoms with E-state index in [1.807, 2.05) is 22.7 Å². The van der Waals surface area contributed by atoms with Gasteiger partial charge in [0.25, 0.3) is 0 Å². The lowest BCUT2D eigenvalue weighted by Crippen LogP contribution is -2.28. The molecule has 0 atom stereocenters. The van der Waals surface area contributed by atoms with Crippen LogP contribution in [-0.4, -0.2) is 0 Å². The van der Waals surface area contributed by atoms with Gasteiger partial charge >= 0.3 is 0 Å². The molecule has 8 aromatic carbocycles. The average molecular weight is 698 g/mol. The first kappa shape index (κ1) is 29.7. The van der Waals surface area contributed by atoms with Gasteiger partial charge in [-0.05, 0) is 75.8 Å². The van der Waals surface area contributed by atoms with E-state index in [9.17, 15) is 0 Å². The van der Waals surface area contributed by atoms with Crippen molar-refractivity contribution in [3.05, 3.63) is 210 Å². The van der Waals surface area contributed by atoms with Crippen LogP contribution in [0.15, 0.2) is 188 Å². The van der Waals surface area contributed by atoms with Crippen LogP contribution < -0.4 is 4.90 Å². The first-order chi connectivity index (χ1) is 25.8. The van der Waals surface area contributed by atoms with E-state index in [-0.39, 0.29) is 0 Å². The second kappa shape index (κ2) is 11.5. The Hall–Kier alpha value is -6.00. The summed E-state index contributed by atoms with van der Waals surface area (Å²) in [6.07, 6.45) is 0. The quantitative estimate of drug-likeness (QED) is 0.173. The van der Waals surface area contributed by atoms with Gasteiger partial charge in [0.1, 0.15) is 0 Å². The monoisotopic (exact) mass is 697 g/mol. The van der Waals surface area contributed by atoms with Crippen LogP contribution in [-0.2, 0) is 5.41 Å². The van der Waals surface area contributed by atoms with Gasteiger partial charge in [0.15, 0.2) is 0 Å². The minimum Gasteiger partial charge on any atom is -0.308 e. The Balaban J connectivity index is 1.18. The fourth-order valence-corrected chi connectivity index (χ4v) is 11.2. The minimum absolute atomic E-state index is 0.423. The standard InChI is InChI=1S/C49H31NS2/c1-3-15-32(16-4-1)49(40-23-10-7-19-35(40)36-20-8-11-24-41(36)49)33-29-30-37-38-22-13-26-43(48(38)52-46(37)31-33)50(34-17-5-2-6-18-34)42-25-14-28-45-47(42)39-21-9-12-27-44(39)51-45/h1-31H. The SMILES string of the molecule is c1ccc(N(c2cccc3c2sc2cc(C4(c5ccccc5)c5ccccc5-c5ccccc54)ccc23)c2cccc3sc4ccccc4c23)cc1. The van der Waals surface area contributed by atoms with Crippen LogP contribution in [0.4, 0.5) is 17.1 Å². The molecule has 1 aliphatic carbocycles. The number of hydrogen-bond acceptors (Lipinski definition) is 3. The van der Waals surface area contributed by atoms with Crippen LogP contribution in [0, 0.1) is 0 Å². The largest absolute Gasteiger partial charge is 0.308 e. The number of fused-ring (bicyclic) bond motifs is 9. The second-order valence-corrected chi connectivity index (χ2v) is 15.7. The molecule has 2 aromatic heterocycles. The zero-order valence-corrected chi connectivity index (χ0v) is 29.8. The molecule has 1 aliphatic rings. The minimum atomic E-state index is -0.423. The molecule has 0 N–H and O–H groups in total. The summed E-state index contributed by atoms with van der Waals surface area (Å²) in [7, 11) is 0. The molecule has 0 fully saturated rings. The van der Waals surface area contributed by atoms with Crippen LogP contribution in [0.5, 0.6) is 0 Å². The maximum Gasteiger partial charge on any atom is 0.0714 e. The molecule has 52 heavy (non-hydrogen) atoms. The Morgan fingerprint density at radius 1 is 0.385 bits per heavy atom. The van der Waals surface area contributed by atoms with Gasteiger partial charge in [-0.25, -0.2) is 0 Å². The van der Waals surface area contributed by atoms with Crippen molar-refractivity contribution < 1.29 is 0 Å². The van der Waals surface area contributed by atoms with Gasteiger partial charge in [0.2, 0.25) is 0 Å². The van der Waals surface area contributed by atoms with Gasteiger partial charge in [-0.15, -0.1) is 22.7 Å². The van der Waals surface area contributed by atoms with Crippen LogP contribution in [0.3, 0.4) is 0 Å². The molecule has 0 amide bonds. The number of anilines is 3. The van der Waals surface area contributed by atoms with Crippen molar-refractivity contribution in [2.45, 2.75) is 5.41 Å². The molecule has 3 heteroatoms. The molecule has 0 saturated heterocycles. The van der Waals surface area contributed by atoms with E-state index in [0.717, 1.165) is 5.69 Å². The van der Waals surface area contributed by atoms with Crippen LogP contribution >= 0.6 is 22.7 Å². The average Bonchev–Trinajstić information content (AvgIpc) is 3.88. The van der Waals surface area contributed by atoms with E-state index in [2.05, 4.69) is 193 Å². The molecular weight excluding hydrogens is 667 g/mol. The van der Waals surface area contributed by atoms with E-state index in [0.29, 0.717) is 0 Å². The van der Waals surface area contributed by atoms with Crippen molar-refractivity contribution in [1.29, 1.82) is 0 Å². The first-order valence-electron chi connectivity index (χ1n) is 17.8. The summed E-state index contributed by atoms with van der Waals surface area (Å²) in [6, 6.07) is 69.6. The zero-order valence-electron chi connectivity index (χ0n) is 28.2. The van der Waals surface area contributed by atoms with Crippen molar-refractivity contribution in [3.63, 3.8) is 0 Å².